The van der Waals surface area contributed by atoms with Crippen molar-refractivity contribution in [1.82, 2.24) is 5.43 Å². The Labute approximate surface area is 122 Å². The Hall–Kier alpha value is 0.320. The van der Waals surface area contributed by atoms with Gasteiger partial charge in [0.25, 0.3) is 0 Å². The van der Waals surface area contributed by atoms with E-state index in [2.05, 4.69) is 54.9 Å². The summed E-state index contributed by atoms with van der Waals surface area (Å²) in [6, 6.07) is 4.90. The standard InChI is InChI=1S/C13H22N2S3/c1-3-10-4-5-11(18-10)8-12(15-14)13-9(2)16-6-7-17-13/h4-5,9,12-13,15H,3,6-8,14H2,1-2H3. The maximum Gasteiger partial charge on any atom is 0.0388 e. The summed E-state index contributed by atoms with van der Waals surface area (Å²) in [5.41, 5.74) is 3.05. The van der Waals surface area contributed by atoms with Crippen LogP contribution in [-0.4, -0.2) is 28.0 Å². The summed E-state index contributed by atoms with van der Waals surface area (Å²) < 4.78 is 0. The summed E-state index contributed by atoms with van der Waals surface area (Å²) in [5.74, 6) is 8.31. The fourth-order valence-corrected chi connectivity index (χ4v) is 6.26. The van der Waals surface area contributed by atoms with Crippen LogP contribution >= 0.6 is 34.9 Å². The summed E-state index contributed by atoms with van der Waals surface area (Å²) in [6.45, 7) is 4.54. The molecule has 3 unspecified atom stereocenters. The Bertz CT molecular complexity index is 367. The molecule has 3 atom stereocenters. The average Bonchev–Trinajstić information content (AvgIpc) is 2.85. The molecule has 0 radical (unpaired) electrons. The van der Waals surface area contributed by atoms with Gasteiger partial charge in [-0.2, -0.15) is 23.5 Å². The van der Waals surface area contributed by atoms with Crippen LogP contribution in [0.1, 0.15) is 23.6 Å². The third kappa shape index (κ3) is 3.67. The monoisotopic (exact) mass is 302 g/mol. The first-order valence-electron chi connectivity index (χ1n) is 6.51. The van der Waals surface area contributed by atoms with Crippen molar-refractivity contribution in [3.63, 3.8) is 0 Å². The van der Waals surface area contributed by atoms with E-state index >= 15 is 0 Å². The van der Waals surface area contributed by atoms with E-state index in [1.54, 1.807) is 0 Å². The number of aryl methyl sites for hydroxylation is 1. The lowest BCUT2D eigenvalue weighted by Crippen LogP contribution is -2.48. The zero-order valence-electron chi connectivity index (χ0n) is 11.0. The molecule has 5 heteroatoms. The van der Waals surface area contributed by atoms with E-state index in [1.807, 2.05) is 11.3 Å². The summed E-state index contributed by atoms with van der Waals surface area (Å²) in [5, 5.41) is 1.32. The van der Waals surface area contributed by atoms with Crippen molar-refractivity contribution in [3.8, 4) is 0 Å². The molecular weight excluding hydrogens is 280 g/mol. The van der Waals surface area contributed by atoms with Gasteiger partial charge in [0.15, 0.2) is 0 Å². The quantitative estimate of drug-likeness (QED) is 0.648. The first-order chi connectivity index (χ1) is 8.74. The zero-order chi connectivity index (χ0) is 13.0. The smallest absolute Gasteiger partial charge is 0.0388 e. The number of thioether (sulfide) groups is 2. The SMILES string of the molecule is CCc1ccc(CC(NN)C2SCCSC2C)s1. The van der Waals surface area contributed by atoms with Crippen LogP contribution in [0.3, 0.4) is 0 Å². The van der Waals surface area contributed by atoms with Crippen LogP contribution in [0.15, 0.2) is 12.1 Å². The van der Waals surface area contributed by atoms with Crippen LogP contribution in [0.4, 0.5) is 0 Å². The van der Waals surface area contributed by atoms with Crippen LogP contribution in [0.2, 0.25) is 0 Å². The Kier molecular flexibility index (Phi) is 5.89. The molecule has 0 aliphatic carbocycles. The highest BCUT2D eigenvalue weighted by Gasteiger charge is 2.30. The highest BCUT2D eigenvalue weighted by atomic mass is 32.2. The maximum atomic E-state index is 5.79. The van der Waals surface area contributed by atoms with Gasteiger partial charge < -0.3 is 0 Å². The molecule has 1 aromatic heterocycles. The maximum absolute atomic E-state index is 5.79. The van der Waals surface area contributed by atoms with Crippen LogP contribution < -0.4 is 11.3 Å². The fraction of sp³-hybridized carbons (Fsp3) is 0.692. The number of hydrazine groups is 1. The Morgan fingerprint density at radius 1 is 1.33 bits per heavy atom. The minimum Gasteiger partial charge on any atom is -0.271 e. The first kappa shape index (κ1) is 14.7. The van der Waals surface area contributed by atoms with E-state index in [4.69, 9.17) is 5.84 Å². The summed E-state index contributed by atoms with van der Waals surface area (Å²) >= 11 is 6.08. The lowest BCUT2D eigenvalue weighted by molar-refractivity contribution is 0.504. The summed E-state index contributed by atoms with van der Waals surface area (Å²) in [6.07, 6.45) is 2.19. The van der Waals surface area contributed by atoms with Gasteiger partial charge in [-0.1, -0.05) is 13.8 Å². The van der Waals surface area contributed by atoms with Gasteiger partial charge >= 0.3 is 0 Å². The Morgan fingerprint density at radius 3 is 2.67 bits per heavy atom. The van der Waals surface area contributed by atoms with E-state index in [0.29, 0.717) is 16.5 Å². The predicted octanol–water partition coefficient (Wildman–Crippen LogP) is 2.92. The fourth-order valence-electron chi connectivity index (χ4n) is 2.30. The van der Waals surface area contributed by atoms with E-state index in [1.165, 1.54) is 21.3 Å². The van der Waals surface area contributed by atoms with Gasteiger partial charge in [-0.3, -0.25) is 11.3 Å². The number of nitrogens with two attached hydrogens (primary N) is 1. The molecule has 2 heterocycles. The van der Waals surface area contributed by atoms with Crippen molar-refractivity contribution in [2.24, 2.45) is 5.84 Å². The van der Waals surface area contributed by atoms with Crippen molar-refractivity contribution < 1.29 is 0 Å². The molecule has 1 aromatic rings. The van der Waals surface area contributed by atoms with Gasteiger partial charge in [0.2, 0.25) is 0 Å². The lowest BCUT2D eigenvalue weighted by Gasteiger charge is -2.33. The van der Waals surface area contributed by atoms with E-state index in [0.717, 1.165) is 12.8 Å². The number of thiophene rings is 1. The van der Waals surface area contributed by atoms with Crippen molar-refractivity contribution >= 4 is 34.9 Å². The number of rotatable bonds is 5. The molecule has 3 N–H and O–H groups in total. The molecule has 1 saturated heterocycles. The molecule has 0 spiro atoms. The van der Waals surface area contributed by atoms with E-state index in [9.17, 15) is 0 Å². The number of nitrogens with one attached hydrogen (secondary N) is 1. The van der Waals surface area contributed by atoms with Gasteiger partial charge in [0.05, 0.1) is 0 Å². The Balaban J connectivity index is 1.99. The summed E-state index contributed by atoms with van der Waals surface area (Å²) in [7, 11) is 0. The molecule has 0 saturated carbocycles. The zero-order valence-corrected chi connectivity index (χ0v) is 13.5. The van der Waals surface area contributed by atoms with Crippen LogP contribution in [0.25, 0.3) is 0 Å². The molecule has 102 valence electrons. The molecule has 2 nitrogen and oxygen atoms in total. The molecular formula is C13H22N2S3. The third-order valence-corrected chi connectivity index (χ3v) is 7.84. The van der Waals surface area contributed by atoms with Crippen LogP contribution in [0.5, 0.6) is 0 Å². The van der Waals surface area contributed by atoms with Crippen molar-refractivity contribution in [2.45, 2.75) is 43.2 Å². The third-order valence-electron chi connectivity index (χ3n) is 3.33. The van der Waals surface area contributed by atoms with Gasteiger partial charge in [-0.15, -0.1) is 11.3 Å². The second-order valence-corrected chi connectivity index (χ2v) is 8.63. The summed E-state index contributed by atoms with van der Waals surface area (Å²) in [4.78, 5) is 2.93. The minimum absolute atomic E-state index is 0.390. The van der Waals surface area contributed by atoms with Crippen molar-refractivity contribution in [2.75, 3.05) is 11.5 Å². The minimum atomic E-state index is 0.390. The van der Waals surface area contributed by atoms with Crippen LogP contribution in [0, 0.1) is 0 Å². The van der Waals surface area contributed by atoms with Crippen molar-refractivity contribution in [1.29, 1.82) is 0 Å². The van der Waals surface area contributed by atoms with Gasteiger partial charge in [0, 0.05) is 37.8 Å². The molecule has 0 aromatic carbocycles. The molecule has 18 heavy (non-hydrogen) atoms. The predicted molar refractivity (Wildman–Crippen MR) is 86.7 cm³/mol. The molecule has 1 aliphatic rings. The van der Waals surface area contributed by atoms with Gasteiger partial charge in [-0.25, -0.2) is 0 Å². The first-order valence-corrected chi connectivity index (χ1v) is 9.43. The number of hydrogen-bond donors (Lipinski definition) is 2. The second kappa shape index (κ2) is 7.20. The molecule has 0 bridgehead atoms. The van der Waals surface area contributed by atoms with E-state index < -0.39 is 0 Å². The molecule has 1 aliphatic heterocycles. The number of hydrogen-bond acceptors (Lipinski definition) is 5. The molecule has 1 fully saturated rings. The molecule has 2 rings (SSSR count). The van der Waals surface area contributed by atoms with Crippen LogP contribution in [-0.2, 0) is 12.8 Å². The normalized spacial score (nSPS) is 26.2. The largest absolute Gasteiger partial charge is 0.271 e. The topological polar surface area (TPSA) is 38.0 Å². The highest BCUT2D eigenvalue weighted by Crippen LogP contribution is 2.34. The lowest BCUT2D eigenvalue weighted by atomic mass is 10.1. The Morgan fingerprint density at radius 2 is 2.06 bits per heavy atom. The van der Waals surface area contributed by atoms with E-state index in [-0.39, 0.29) is 0 Å². The highest BCUT2D eigenvalue weighted by molar-refractivity contribution is 8.07. The average molecular weight is 303 g/mol. The molecule has 0 amide bonds. The second-order valence-electron chi connectivity index (χ2n) is 4.61. The van der Waals surface area contributed by atoms with Crippen molar-refractivity contribution in [3.05, 3.63) is 21.9 Å². The van der Waals surface area contributed by atoms with Gasteiger partial charge in [-0.05, 0) is 25.0 Å². The van der Waals surface area contributed by atoms with Gasteiger partial charge in [0.1, 0.15) is 0 Å².